The van der Waals surface area contributed by atoms with E-state index in [-0.39, 0.29) is 12.2 Å². The van der Waals surface area contributed by atoms with Gasteiger partial charge < -0.3 is 20.1 Å². The molecule has 0 amide bonds. The van der Waals surface area contributed by atoms with Gasteiger partial charge >= 0.3 is 23.9 Å². The van der Waals surface area contributed by atoms with Gasteiger partial charge in [0.15, 0.2) is 5.78 Å². The summed E-state index contributed by atoms with van der Waals surface area (Å²) in [5.41, 5.74) is -4.59. The maximum Gasteiger partial charge on any atom is 0.339 e. The number of esters is 1. The van der Waals surface area contributed by atoms with Gasteiger partial charge in [-0.2, -0.15) is 0 Å². The molecule has 0 aliphatic carbocycles. The van der Waals surface area contributed by atoms with Gasteiger partial charge in [-0.3, -0.25) is 4.79 Å². The fraction of sp³-hybridized carbons (Fsp3) is 0.105. The maximum absolute atomic E-state index is 12.8. The van der Waals surface area contributed by atoms with Gasteiger partial charge in [-0.05, 0) is 13.0 Å². The fourth-order valence-electron chi connectivity index (χ4n) is 2.64. The van der Waals surface area contributed by atoms with E-state index in [1.54, 1.807) is 6.07 Å². The summed E-state index contributed by atoms with van der Waals surface area (Å²) in [5.74, 6) is -7.66. The molecule has 0 heterocycles. The van der Waals surface area contributed by atoms with Crippen LogP contribution in [0.25, 0.3) is 0 Å². The third-order valence-electron chi connectivity index (χ3n) is 3.74. The Balaban J connectivity index is 2.97. The normalized spacial score (nSPS) is 10.2. The van der Waals surface area contributed by atoms with Crippen LogP contribution in [0.1, 0.15) is 64.3 Å². The highest BCUT2D eigenvalue weighted by molar-refractivity contribution is 6.21. The summed E-state index contributed by atoms with van der Waals surface area (Å²) in [6, 6.07) is 8.09. The minimum Gasteiger partial charge on any atom is -0.478 e. The minimum absolute atomic E-state index is 0.0271. The quantitative estimate of drug-likeness (QED) is 0.479. The molecule has 2 aromatic carbocycles. The van der Waals surface area contributed by atoms with E-state index in [4.69, 9.17) is 4.74 Å². The SMILES string of the molecule is CCOC(=O)c1cc(C(=O)c2ccccc2)c(C(=O)O)c(C(=O)O)c1C(=O)O. The molecule has 9 nitrogen and oxygen atoms in total. The number of aromatic carboxylic acids is 3. The van der Waals surface area contributed by atoms with Crippen LogP contribution in [0.4, 0.5) is 0 Å². The standard InChI is InChI=1S/C19H14O9/c1-2-28-19(27)11-8-10(15(20)9-6-4-3-5-7-9)12(16(21)22)14(18(25)26)13(11)17(23)24/h3-8H,2H2,1H3,(H,21,22)(H,23,24)(H,25,26). The summed E-state index contributed by atoms with van der Waals surface area (Å²) in [4.78, 5) is 60.1. The summed E-state index contributed by atoms with van der Waals surface area (Å²) in [7, 11) is 0. The zero-order valence-corrected chi connectivity index (χ0v) is 14.5. The Morgan fingerprint density at radius 1 is 0.786 bits per heavy atom. The molecule has 0 aliphatic rings. The predicted octanol–water partition coefficient (Wildman–Crippen LogP) is 2.19. The van der Waals surface area contributed by atoms with Crippen LogP contribution in [0.15, 0.2) is 36.4 Å². The Morgan fingerprint density at radius 3 is 1.75 bits per heavy atom. The van der Waals surface area contributed by atoms with E-state index in [0.717, 1.165) is 6.07 Å². The van der Waals surface area contributed by atoms with Crippen molar-refractivity contribution in [2.75, 3.05) is 6.61 Å². The zero-order chi connectivity index (χ0) is 21.0. The number of benzene rings is 2. The van der Waals surface area contributed by atoms with Gasteiger partial charge in [0, 0.05) is 11.1 Å². The first-order valence-corrected chi connectivity index (χ1v) is 7.88. The number of ether oxygens (including phenoxy) is 1. The Labute approximate surface area is 157 Å². The third-order valence-corrected chi connectivity index (χ3v) is 3.74. The summed E-state index contributed by atoms with van der Waals surface area (Å²) >= 11 is 0. The number of carboxylic acid groups (broad SMARTS) is 3. The molecule has 0 radical (unpaired) electrons. The van der Waals surface area contributed by atoms with Crippen molar-refractivity contribution in [3.63, 3.8) is 0 Å². The smallest absolute Gasteiger partial charge is 0.339 e. The lowest BCUT2D eigenvalue weighted by atomic mass is 9.88. The summed E-state index contributed by atoms with van der Waals surface area (Å²) in [6.45, 7) is 1.29. The second-order valence-corrected chi connectivity index (χ2v) is 5.43. The largest absolute Gasteiger partial charge is 0.478 e. The molecule has 2 aromatic rings. The van der Waals surface area contributed by atoms with Gasteiger partial charge in [-0.1, -0.05) is 30.3 Å². The predicted molar refractivity (Wildman–Crippen MR) is 93.2 cm³/mol. The molecule has 0 aromatic heterocycles. The molecule has 0 atom stereocenters. The van der Waals surface area contributed by atoms with Crippen molar-refractivity contribution < 1.29 is 44.0 Å². The van der Waals surface area contributed by atoms with Gasteiger partial charge in [-0.25, -0.2) is 19.2 Å². The highest BCUT2D eigenvalue weighted by Crippen LogP contribution is 2.27. The van der Waals surface area contributed by atoms with Crippen LogP contribution in [-0.2, 0) is 4.74 Å². The molecule has 144 valence electrons. The molecule has 0 unspecified atom stereocenters. The van der Waals surface area contributed by atoms with E-state index in [0.29, 0.717) is 0 Å². The van der Waals surface area contributed by atoms with Crippen LogP contribution < -0.4 is 0 Å². The Kier molecular flexibility index (Phi) is 5.89. The number of carboxylic acids is 3. The second kappa shape index (κ2) is 8.12. The van der Waals surface area contributed by atoms with Crippen molar-refractivity contribution >= 4 is 29.7 Å². The molecule has 0 spiro atoms. The van der Waals surface area contributed by atoms with Crippen LogP contribution in [0.2, 0.25) is 0 Å². The molecule has 0 bridgehead atoms. The first kappa shape index (κ1) is 20.3. The molecule has 2 rings (SSSR count). The maximum atomic E-state index is 12.8. The molecule has 0 saturated heterocycles. The topological polar surface area (TPSA) is 155 Å². The van der Waals surface area contributed by atoms with Crippen LogP contribution in [-0.4, -0.2) is 51.6 Å². The van der Waals surface area contributed by atoms with Crippen molar-refractivity contribution in [2.24, 2.45) is 0 Å². The molecule has 0 fully saturated rings. The number of hydrogen-bond acceptors (Lipinski definition) is 6. The molecular weight excluding hydrogens is 372 g/mol. The van der Waals surface area contributed by atoms with E-state index >= 15 is 0 Å². The van der Waals surface area contributed by atoms with Crippen molar-refractivity contribution in [1.82, 2.24) is 0 Å². The van der Waals surface area contributed by atoms with E-state index in [2.05, 4.69) is 0 Å². The lowest BCUT2D eigenvalue weighted by Crippen LogP contribution is -2.24. The van der Waals surface area contributed by atoms with Crippen molar-refractivity contribution in [1.29, 1.82) is 0 Å². The molecule has 9 heteroatoms. The van der Waals surface area contributed by atoms with Crippen LogP contribution >= 0.6 is 0 Å². The lowest BCUT2D eigenvalue weighted by molar-refractivity contribution is 0.0512. The number of rotatable bonds is 7. The monoisotopic (exact) mass is 386 g/mol. The van der Waals surface area contributed by atoms with E-state index in [1.165, 1.54) is 31.2 Å². The summed E-state index contributed by atoms with van der Waals surface area (Å²) in [6.07, 6.45) is 0. The van der Waals surface area contributed by atoms with E-state index < -0.39 is 57.5 Å². The molecule has 3 N–H and O–H groups in total. The van der Waals surface area contributed by atoms with Crippen LogP contribution in [0.5, 0.6) is 0 Å². The number of carbonyl (C=O) groups excluding carboxylic acids is 2. The van der Waals surface area contributed by atoms with Gasteiger partial charge in [0.1, 0.15) is 0 Å². The molecule has 0 saturated carbocycles. The highest BCUT2D eigenvalue weighted by atomic mass is 16.5. The Morgan fingerprint density at radius 2 is 1.29 bits per heavy atom. The van der Waals surface area contributed by atoms with Gasteiger partial charge in [-0.15, -0.1) is 0 Å². The van der Waals surface area contributed by atoms with E-state index in [1.807, 2.05) is 0 Å². The zero-order valence-electron chi connectivity index (χ0n) is 14.5. The number of hydrogen-bond donors (Lipinski definition) is 3. The Hall–Kier alpha value is -4.01. The summed E-state index contributed by atoms with van der Waals surface area (Å²) < 4.78 is 4.74. The van der Waals surface area contributed by atoms with Crippen molar-refractivity contribution in [3.8, 4) is 0 Å². The number of carbonyl (C=O) groups is 5. The Bertz CT molecular complexity index is 990. The molecule has 0 aliphatic heterocycles. The number of ketones is 1. The van der Waals surface area contributed by atoms with Gasteiger partial charge in [0.05, 0.1) is 28.9 Å². The third kappa shape index (κ3) is 3.73. The second-order valence-electron chi connectivity index (χ2n) is 5.43. The molecule has 28 heavy (non-hydrogen) atoms. The lowest BCUT2D eigenvalue weighted by Gasteiger charge is -2.15. The first-order valence-electron chi connectivity index (χ1n) is 7.88. The van der Waals surface area contributed by atoms with Crippen molar-refractivity contribution in [2.45, 2.75) is 6.92 Å². The van der Waals surface area contributed by atoms with Gasteiger partial charge in [0.2, 0.25) is 0 Å². The average Bonchev–Trinajstić information content (AvgIpc) is 2.66. The summed E-state index contributed by atoms with van der Waals surface area (Å²) in [5, 5.41) is 28.4. The average molecular weight is 386 g/mol. The first-order chi connectivity index (χ1) is 13.2. The van der Waals surface area contributed by atoms with Crippen LogP contribution in [0.3, 0.4) is 0 Å². The van der Waals surface area contributed by atoms with E-state index in [9.17, 15) is 39.3 Å². The van der Waals surface area contributed by atoms with Gasteiger partial charge in [0.25, 0.3) is 0 Å². The van der Waals surface area contributed by atoms with Crippen molar-refractivity contribution in [3.05, 3.63) is 69.8 Å². The highest BCUT2D eigenvalue weighted by Gasteiger charge is 2.35. The van der Waals surface area contributed by atoms with Crippen LogP contribution in [0, 0.1) is 0 Å². The fourth-order valence-corrected chi connectivity index (χ4v) is 2.64. The molecular formula is C19H14O9. The minimum atomic E-state index is -1.91.